The van der Waals surface area contributed by atoms with E-state index in [1.54, 1.807) is 6.07 Å². The summed E-state index contributed by atoms with van der Waals surface area (Å²) in [6.45, 7) is 4.54. The minimum atomic E-state index is -3.78. The zero-order valence-corrected chi connectivity index (χ0v) is 17.3. The Balaban J connectivity index is 1.79. The lowest BCUT2D eigenvalue weighted by molar-refractivity contribution is -0.121. The first-order valence-corrected chi connectivity index (χ1v) is 11.7. The number of imidazole rings is 1. The van der Waals surface area contributed by atoms with Crippen LogP contribution in [0.3, 0.4) is 0 Å². The number of amides is 1. The minimum absolute atomic E-state index is 0.0202. The van der Waals surface area contributed by atoms with E-state index in [1.807, 2.05) is 18.4 Å². The quantitative estimate of drug-likeness (QED) is 0.712. The average Bonchev–Trinajstić information content (AvgIpc) is 2.97. The number of nitrogens with two attached hydrogens (primary N) is 1. The molecule has 1 heterocycles. The standard InChI is InChI=1S/C18H26N4O3S2/c1-3-22-16-10-9-14(27(19,24)25)11-15(16)21-18(22)26-12(2)17(23)20-13-7-5-4-6-8-13/h9-13H,3-8H2,1-2H3,(H,20,23)(H2,19,24,25)/t12-/m1/s1. The molecule has 1 amide bonds. The first kappa shape index (κ1) is 20.2. The van der Waals surface area contributed by atoms with E-state index < -0.39 is 10.0 Å². The van der Waals surface area contributed by atoms with E-state index in [1.165, 1.54) is 43.2 Å². The fourth-order valence-electron chi connectivity index (χ4n) is 3.44. The molecule has 0 unspecified atom stereocenters. The van der Waals surface area contributed by atoms with Gasteiger partial charge in [-0.1, -0.05) is 31.0 Å². The van der Waals surface area contributed by atoms with Crippen molar-refractivity contribution in [2.75, 3.05) is 0 Å². The van der Waals surface area contributed by atoms with Gasteiger partial charge in [0.05, 0.1) is 21.2 Å². The minimum Gasteiger partial charge on any atom is -0.352 e. The molecule has 1 aliphatic rings. The molecule has 0 radical (unpaired) electrons. The van der Waals surface area contributed by atoms with E-state index in [0.29, 0.717) is 17.2 Å². The highest BCUT2D eigenvalue weighted by atomic mass is 32.2. The smallest absolute Gasteiger partial charge is 0.238 e. The number of sulfonamides is 1. The Labute approximate surface area is 164 Å². The van der Waals surface area contributed by atoms with Gasteiger partial charge < -0.3 is 9.88 Å². The summed E-state index contributed by atoms with van der Waals surface area (Å²) < 4.78 is 25.1. The number of rotatable bonds is 6. The van der Waals surface area contributed by atoms with Crippen LogP contribution in [0.25, 0.3) is 11.0 Å². The number of aryl methyl sites for hydroxylation is 1. The third kappa shape index (κ3) is 4.64. The molecule has 1 saturated carbocycles. The molecule has 2 aromatic rings. The van der Waals surface area contributed by atoms with Gasteiger partial charge in [-0.3, -0.25) is 4.79 Å². The fourth-order valence-corrected chi connectivity index (χ4v) is 4.97. The normalized spacial score (nSPS) is 17.1. The van der Waals surface area contributed by atoms with E-state index in [9.17, 15) is 13.2 Å². The lowest BCUT2D eigenvalue weighted by Crippen LogP contribution is -2.40. The van der Waals surface area contributed by atoms with Gasteiger partial charge in [-0.25, -0.2) is 18.5 Å². The molecule has 0 bridgehead atoms. The van der Waals surface area contributed by atoms with Gasteiger partial charge in [0.25, 0.3) is 0 Å². The predicted molar refractivity (Wildman–Crippen MR) is 107 cm³/mol. The van der Waals surface area contributed by atoms with Crippen molar-refractivity contribution in [1.82, 2.24) is 14.9 Å². The van der Waals surface area contributed by atoms with E-state index in [0.717, 1.165) is 18.4 Å². The lowest BCUT2D eigenvalue weighted by Gasteiger charge is -2.24. The Morgan fingerprint density at radius 1 is 1.37 bits per heavy atom. The number of aromatic nitrogens is 2. The number of fused-ring (bicyclic) bond motifs is 1. The largest absolute Gasteiger partial charge is 0.352 e. The molecular formula is C18H26N4O3S2. The van der Waals surface area contributed by atoms with Crippen LogP contribution in [0, 0.1) is 0 Å². The summed E-state index contributed by atoms with van der Waals surface area (Å²) in [5.74, 6) is 0.0202. The Hall–Kier alpha value is -1.58. The number of carbonyl (C=O) groups is 1. The molecule has 27 heavy (non-hydrogen) atoms. The zero-order chi connectivity index (χ0) is 19.6. The van der Waals surface area contributed by atoms with Gasteiger partial charge >= 0.3 is 0 Å². The Morgan fingerprint density at radius 2 is 2.07 bits per heavy atom. The highest BCUT2D eigenvalue weighted by molar-refractivity contribution is 8.00. The number of hydrogen-bond donors (Lipinski definition) is 2. The summed E-state index contributed by atoms with van der Waals surface area (Å²) in [6, 6.07) is 4.95. The summed E-state index contributed by atoms with van der Waals surface area (Å²) in [6.07, 6.45) is 5.69. The Kier molecular flexibility index (Phi) is 6.12. The van der Waals surface area contributed by atoms with Crippen molar-refractivity contribution in [3.63, 3.8) is 0 Å². The van der Waals surface area contributed by atoms with E-state index in [4.69, 9.17) is 5.14 Å². The van der Waals surface area contributed by atoms with Crippen molar-refractivity contribution in [1.29, 1.82) is 0 Å². The third-order valence-electron chi connectivity index (χ3n) is 4.93. The summed E-state index contributed by atoms with van der Waals surface area (Å²) >= 11 is 1.39. The van der Waals surface area contributed by atoms with Gasteiger partial charge in [0.1, 0.15) is 0 Å². The summed E-state index contributed by atoms with van der Waals surface area (Å²) in [4.78, 5) is 17.1. The van der Waals surface area contributed by atoms with Crippen LogP contribution in [-0.4, -0.2) is 35.2 Å². The van der Waals surface area contributed by atoms with Crippen molar-refractivity contribution >= 4 is 38.7 Å². The monoisotopic (exact) mass is 410 g/mol. The van der Waals surface area contributed by atoms with E-state index >= 15 is 0 Å². The molecule has 3 rings (SSSR count). The van der Waals surface area contributed by atoms with Gasteiger partial charge in [-0.15, -0.1) is 0 Å². The zero-order valence-electron chi connectivity index (χ0n) is 15.6. The van der Waals surface area contributed by atoms with Gasteiger partial charge in [0.2, 0.25) is 15.9 Å². The van der Waals surface area contributed by atoms with E-state index in [-0.39, 0.29) is 22.1 Å². The van der Waals surface area contributed by atoms with E-state index in [2.05, 4.69) is 10.3 Å². The van der Waals surface area contributed by atoms with Crippen LogP contribution in [0.5, 0.6) is 0 Å². The Morgan fingerprint density at radius 3 is 2.70 bits per heavy atom. The number of primary sulfonamides is 1. The second kappa shape index (κ2) is 8.20. The molecule has 0 aliphatic heterocycles. The molecule has 0 saturated heterocycles. The molecule has 1 aromatic heterocycles. The van der Waals surface area contributed by atoms with Crippen molar-refractivity contribution in [2.24, 2.45) is 5.14 Å². The number of benzene rings is 1. The molecule has 9 heteroatoms. The van der Waals surface area contributed by atoms with Gasteiger partial charge in [0, 0.05) is 12.6 Å². The maximum atomic E-state index is 12.6. The van der Waals surface area contributed by atoms with Gasteiger partial charge in [0.15, 0.2) is 5.16 Å². The van der Waals surface area contributed by atoms with Crippen molar-refractivity contribution in [3.05, 3.63) is 18.2 Å². The van der Waals surface area contributed by atoms with Crippen LogP contribution in [0.4, 0.5) is 0 Å². The van der Waals surface area contributed by atoms with Crippen LogP contribution in [-0.2, 0) is 21.4 Å². The van der Waals surface area contributed by atoms with Gasteiger partial charge in [-0.05, 0) is 44.9 Å². The molecule has 1 atom stereocenters. The molecule has 3 N–H and O–H groups in total. The number of nitrogens with zero attached hydrogens (tertiary/aromatic N) is 2. The molecule has 0 spiro atoms. The predicted octanol–water partition coefficient (Wildman–Crippen LogP) is 2.63. The molecule has 1 fully saturated rings. The summed E-state index contributed by atoms with van der Waals surface area (Å²) in [5, 5.41) is 8.77. The van der Waals surface area contributed by atoms with Crippen LogP contribution >= 0.6 is 11.8 Å². The second-order valence-corrected chi connectivity index (χ2v) is 9.81. The molecule has 1 aromatic carbocycles. The molecule has 148 valence electrons. The Bertz CT molecular complexity index is 933. The van der Waals surface area contributed by atoms with Crippen LogP contribution in [0.2, 0.25) is 0 Å². The molecular weight excluding hydrogens is 384 g/mol. The summed E-state index contributed by atoms with van der Waals surface area (Å²) in [7, 11) is -3.78. The first-order chi connectivity index (χ1) is 12.8. The van der Waals surface area contributed by atoms with Crippen molar-refractivity contribution in [3.8, 4) is 0 Å². The first-order valence-electron chi connectivity index (χ1n) is 9.29. The SMILES string of the molecule is CCn1c(S[C@H](C)C(=O)NC2CCCCC2)nc2cc(S(N)(=O)=O)ccc21. The number of hydrogen-bond acceptors (Lipinski definition) is 5. The number of nitrogens with one attached hydrogen (secondary N) is 1. The average molecular weight is 411 g/mol. The lowest BCUT2D eigenvalue weighted by atomic mass is 9.95. The van der Waals surface area contributed by atoms with Gasteiger partial charge in [-0.2, -0.15) is 0 Å². The molecule has 1 aliphatic carbocycles. The molecule has 7 nitrogen and oxygen atoms in total. The maximum Gasteiger partial charge on any atom is 0.238 e. The van der Waals surface area contributed by atoms with Crippen molar-refractivity contribution in [2.45, 2.75) is 73.8 Å². The highest BCUT2D eigenvalue weighted by Gasteiger charge is 2.23. The second-order valence-electron chi connectivity index (χ2n) is 6.94. The maximum absolute atomic E-state index is 12.6. The number of carbonyl (C=O) groups excluding carboxylic acids is 1. The van der Waals surface area contributed by atoms with Crippen LogP contribution in [0.15, 0.2) is 28.3 Å². The van der Waals surface area contributed by atoms with Crippen molar-refractivity contribution < 1.29 is 13.2 Å². The topological polar surface area (TPSA) is 107 Å². The fraction of sp³-hybridized carbons (Fsp3) is 0.556. The number of thioether (sulfide) groups is 1. The summed E-state index contributed by atoms with van der Waals surface area (Å²) in [5.41, 5.74) is 1.39. The highest BCUT2D eigenvalue weighted by Crippen LogP contribution is 2.29. The van der Waals surface area contributed by atoms with Crippen LogP contribution in [0.1, 0.15) is 46.0 Å². The van der Waals surface area contributed by atoms with Crippen LogP contribution < -0.4 is 10.5 Å². The third-order valence-corrected chi connectivity index (χ3v) is 6.93.